The minimum Gasteiger partial charge on any atom is -0.351 e. The molecule has 16 heavy (non-hydrogen) atoms. The van der Waals surface area contributed by atoms with Gasteiger partial charge in [0, 0.05) is 19.0 Å². The van der Waals surface area contributed by atoms with Gasteiger partial charge >= 0.3 is 0 Å². The molecule has 0 saturated heterocycles. The third kappa shape index (κ3) is 2.26. The van der Waals surface area contributed by atoms with Gasteiger partial charge in [-0.1, -0.05) is 6.92 Å². The maximum Gasteiger partial charge on any atom is 0.176 e. The van der Waals surface area contributed by atoms with Gasteiger partial charge in [-0.05, 0) is 33.1 Å². The van der Waals surface area contributed by atoms with Crippen LogP contribution in [0.4, 0.5) is 0 Å². The highest BCUT2D eigenvalue weighted by molar-refractivity contribution is 7.92. The summed E-state index contributed by atoms with van der Waals surface area (Å²) in [6, 6.07) is 0. The summed E-state index contributed by atoms with van der Waals surface area (Å²) in [5, 5.41) is 0. The van der Waals surface area contributed by atoms with Gasteiger partial charge in [-0.15, -0.1) is 0 Å². The summed E-state index contributed by atoms with van der Waals surface area (Å²) in [6.07, 6.45) is 1.67. The number of sulfone groups is 1. The number of hydrogen-bond donors (Lipinski definition) is 0. The van der Waals surface area contributed by atoms with Crippen molar-refractivity contribution in [2.45, 2.75) is 51.1 Å². The molecule has 1 rings (SSSR count). The average Bonchev–Trinajstić information content (AvgIpc) is 2.16. The molecule has 5 heteroatoms. The third-order valence-corrected chi connectivity index (χ3v) is 5.86. The van der Waals surface area contributed by atoms with E-state index < -0.39 is 20.9 Å². The van der Waals surface area contributed by atoms with Crippen LogP contribution in [0.25, 0.3) is 0 Å². The van der Waals surface area contributed by atoms with E-state index >= 15 is 0 Å². The maximum absolute atomic E-state index is 12.1. The Bertz CT molecular complexity index is 300. The normalized spacial score (nSPS) is 19.8. The molecule has 0 radical (unpaired) electrons. The summed E-state index contributed by atoms with van der Waals surface area (Å²) in [7, 11) is -3.12. The molecule has 4 nitrogen and oxygen atoms in total. The molecule has 0 atom stereocenters. The lowest BCUT2D eigenvalue weighted by Gasteiger charge is -2.45. The predicted molar refractivity (Wildman–Crippen MR) is 63.1 cm³/mol. The van der Waals surface area contributed by atoms with Crippen LogP contribution < -0.4 is 0 Å². The monoisotopic (exact) mass is 250 g/mol. The first-order valence-corrected chi connectivity index (χ1v) is 7.64. The van der Waals surface area contributed by atoms with Crippen molar-refractivity contribution in [3.05, 3.63) is 0 Å². The molecule has 0 amide bonds. The lowest BCUT2D eigenvalue weighted by Crippen LogP contribution is -2.57. The zero-order valence-corrected chi connectivity index (χ0v) is 11.2. The minimum absolute atomic E-state index is 0.156. The van der Waals surface area contributed by atoms with Gasteiger partial charge in [0.1, 0.15) is 4.75 Å². The van der Waals surface area contributed by atoms with E-state index in [9.17, 15) is 8.42 Å². The Labute approximate surface area is 98.2 Å². The minimum atomic E-state index is -3.12. The van der Waals surface area contributed by atoms with Crippen molar-refractivity contribution < 1.29 is 17.9 Å². The van der Waals surface area contributed by atoms with E-state index in [4.69, 9.17) is 9.47 Å². The molecule has 96 valence electrons. The highest BCUT2D eigenvalue weighted by Crippen LogP contribution is 2.44. The fourth-order valence-electron chi connectivity index (χ4n) is 2.16. The van der Waals surface area contributed by atoms with E-state index in [-0.39, 0.29) is 5.75 Å². The van der Waals surface area contributed by atoms with Crippen LogP contribution in [0.1, 0.15) is 40.0 Å². The molecular formula is C11H22O4S. The van der Waals surface area contributed by atoms with Crippen molar-refractivity contribution in [1.29, 1.82) is 0 Å². The first kappa shape index (κ1) is 13.9. The first-order chi connectivity index (χ1) is 7.54. The highest BCUT2D eigenvalue weighted by Gasteiger charge is 2.55. The van der Waals surface area contributed by atoms with Crippen LogP contribution in [0.5, 0.6) is 0 Å². The zero-order chi connectivity index (χ0) is 12.2. The summed E-state index contributed by atoms with van der Waals surface area (Å²) in [5.74, 6) is 0.156. The molecule has 0 unspecified atom stereocenters. The second-order valence-corrected chi connectivity index (χ2v) is 6.68. The molecule has 0 bridgehead atoms. The van der Waals surface area contributed by atoms with Gasteiger partial charge in [0.05, 0.1) is 0 Å². The number of ether oxygens (including phenoxy) is 2. The first-order valence-electron chi connectivity index (χ1n) is 5.99. The summed E-state index contributed by atoms with van der Waals surface area (Å²) >= 11 is 0. The molecular weight excluding hydrogens is 228 g/mol. The topological polar surface area (TPSA) is 52.6 Å². The predicted octanol–water partition coefficient (Wildman–Crippen LogP) is 1.74. The lowest BCUT2D eigenvalue weighted by atomic mass is 9.83. The van der Waals surface area contributed by atoms with Crippen molar-refractivity contribution in [2.24, 2.45) is 0 Å². The number of rotatable bonds is 7. The summed E-state index contributed by atoms with van der Waals surface area (Å²) in [6.45, 7) is 6.36. The molecule has 1 aliphatic carbocycles. The third-order valence-electron chi connectivity index (χ3n) is 3.26. The Morgan fingerprint density at radius 1 is 1.12 bits per heavy atom. The highest BCUT2D eigenvalue weighted by atomic mass is 32.2. The molecule has 0 spiro atoms. The van der Waals surface area contributed by atoms with E-state index in [1.54, 1.807) is 6.92 Å². The van der Waals surface area contributed by atoms with Crippen LogP contribution in [0, 0.1) is 0 Å². The Morgan fingerprint density at radius 3 is 1.88 bits per heavy atom. The largest absolute Gasteiger partial charge is 0.351 e. The molecule has 1 aliphatic rings. The van der Waals surface area contributed by atoms with E-state index in [1.165, 1.54) is 0 Å². The van der Waals surface area contributed by atoms with Crippen LogP contribution in [-0.2, 0) is 19.3 Å². The van der Waals surface area contributed by atoms with Crippen molar-refractivity contribution in [3.8, 4) is 0 Å². The van der Waals surface area contributed by atoms with Gasteiger partial charge in [-0.25, -0.2) is 8.42 Å². The summed E-state index contributed by atoms with van der Waals surface area (Å²) < 4.78 is 34.4. The molecule has 1 fully saturated rings. The van der Waals surface area contributed by atoms with E-state index in [0.29, 0.717) is 26.1 Å². The van der Waals surface area contributed by atoms with Crippen molar-refractivity contribution in [2.75, 3.05) is 19.0 Å². The van der Waals surface area contributed by atoms with Crippen LogP contribution in [0.2, 0.25) is 0 Å². The SMILES string of the molecule is CCOC(OCC)C1(S(=O)(=O)CC)CCC1. The lowest BCUT2D eigenvalue weighted by molar-refractivity contribution is -0.170. The van der Waals surface area contributed by atoms with Gasteiger partial charge < -0.3 is 9.47 Å². The van der Waals surface area contributed by atoms with Crippen LogP contribution in [0.3, 0.4) is 0 Å². The van der Waals surface area contributed by atoms with Crippen molar-refractivity contribution >= 4 is 9.84 Å². The molecule has 0 aromatic rings. The Hall–Kier alpha value is -0.130. The standard InChI is InChI=1S/C11H22O4S/c1-4-14-10(15-5-2)11(8-7-9-11)16(12,13)6-3/h10H,4-9H2,1-3H3. The van der Waals surface area contributed by atoms with E-state index in [2.05, 4.69) is 0 Å². The molecule has 0 aromatic carbocycles. The van der Waals surface area contributed by atoms with Gasteiger partial charge in [0.15, 0.2) is 16.1 Å². The van der Waals surface area contributed by atoms with Gasteiger partial charge in [0.2, 0.25) is 0 Å². The fraction of sp³-hybridized carbons (Fsp3) is 1.00. The Morgan fingerprint density at radius 2 is 1.62 bits per heavy atom. The second kappa shape index (κ2) is 5.47. The van der Waals surface area contributed by atoms with Gasteiger partial charge in [-0.3, -0.25) is 0 Å². The summed E-state index contributed by atoms with van der Waals surface area (Å²) in [4.78, 5) is 0. The van der Waals surface area contributed by atoms with Crippen LogP contribution >= 0.6 is 0 Å². The summed E-state index contributed by atoms with van der Waals surface area (Å²) in [5.41, 5.74) is 0. The van der Waals surface area contributed by atoms with Crippen molar-refractivity contribution in [1.82, 2.24) is 0 Å². The van der Waals surface area contributed by atoms with E-state index in [0.717, 1.165) is 6.42 Å². The smallest absolute Gasteiger partial charge is 0.176 e. The van der Waals surface area contributed by atoms with Crippen molar-refractivity contribution in [3.63, 3.8) is 0 Å². The average molecular weight is 250 g/mol. The number of hydrogen-bond acceptors (Lipinski definition) is 4. The van der Waals surface area contributed by atoms with Crippen LogP contribution in [-0.4, -0.2) is 38.4 Å². The Balaban J connectivity index is 2.92. The maximum atomic E-state index is 12.1. The molecule has 0 heterocycles. The van der Waals surface area contributed by atoms with Gasteiger partial charge in [0.25, 0.3) is 0 Å². The molecule has 0 N–H and O–H groups in total. The molecule has 0 aliphatic heterocycles. The fourth-order valence-corrected chi connectivity index (χ4v) is 4.08. The molecule has 0 aromatic heterocycles. The van der Waals surface area contributed by atoms with Crippen LogP contribution in [0.15, 0.2) is 0 Å². The van der Waals surface area contributed by atoms with E-state index in [1.807, 2.05) is 13.8 Å². The molecule has 1 saturated carbocycles. The zero-order valence-electron chi connectivity index (χ0n) is 10.4. The Kier molecular flexibility index (Phi) is 4.76. The second-order valence-electron chi connectivity index (χ2n) is 4.06. The quantitative estimate of drug-likeness (QED) is 0.646. The van der Waals surface area contributed by atoms with Gasteiger partial charge in [-0.2, -0.15) is 0 Å².